The molecule has 0 amide bonds. The summed E-state index contributed by atoms with van der Waals surface area (Å²) in [6, 6.07) is 61.6. The van der Waals surface area contributed by atoms with Gasteiger partial charge in [-0.1, -0.05) is 12.1 Å². The molecular formula is C64H38N16SiZn. The average molecular weight is 1120 g/mol. The Labute approximate surface area is 474 Å². The van der Waals surface area contributed by atoms with Crippen molar-refractivity contribution in [3.05, 3.63) is 182 Å². The van der Waals surface area contributed by atoms with Crippen molar-refractivity contribution in [2.45, 2.75) is 0 Å². The normalized spacial score (nSPS) is 12.0. The van der Waals surface area contributed by atoms with Crippen LogP contribution in [0.25, 0.3) is 179 Å². The van der Waals surface area contributed by atoms with Crippen molar-refractivity contribution in [2.24, 2.45) is 0 Å². The van der Waals surface area contributed by atoms with E-state index in [1.54, 1.807) is 0 Å². The van der Waals surface area contributed by atoms with Crippen LogP contribution in [0.1, 0.15) is 0 Å². The first-order valence-electron chi connectivity index (χ1n) is 26.5. The molecule has 16 bridgehead atoms. The molecule has 0 saturated carbocycles. The van der Waals surface area contributed by atoms with E-state index >= 15 is 0 Å². The Kier molecular flexibility index (Phi) is 9.96. The van der Waals surface area contributed by atoms with Crippen LogP contribution in [0.2, 0.25) is 0 Å². The zero-order valence-corrected chi connectivity index (χ0v) is 45.4. The molecule has 18 rings (SSSR count). The molecule has 6 aromatic heterocycles. The molecule has 14 aromatic rings. The standard InChI is InChI=1S/2C32H17N8.H4Si.Zn/c2*1-2-10-18-17(9-1)25-33-26(18)38-28-21-13-5-6-14-22(21)30(35-28)40-32-24-16-8-7-15-23(24)31(36-32)39-29-20-12-4-3-11-19(20)27(34-29)37-25;;/h2*1-15H,(H2,33,34,35,36,37,38,39,40);1H4;. The van der Waals surface area contributed by atoms with Crippen molar-refractivity contribution < 1.29 is 17.1 Å². The summed E-state index contributed by atoms with van der Waals surface area (Å²) in [6.07, 6.45) is 0. The summed E-state index contributed by atoms with van der Waals surface area (Å²) in [5.74, 6) is 4.37. The van der Waals surface area contributed by atoms with Crippen molar-refractivity contribution in [2.75, 3.05) is 0 Å². The fourth-order valence-corrected chi connectivity index (χ4v) is 16.2. The molecule has 0 fully saturated rings. The van der Waals surface area contributed by atoms with Gasteiger partial charge in [-0.05, 0) is 11.0 Å². The van der Waals surface area contributed by atoms with E-state index in [1.165, 1.54) is 8.32 Å². The summed E-state index contributed by atoms with van der Waals surface area (Å²) >= 11 is -2.09. The predicted octanol–water partition coefficient (Wildman–Crippen LogP) is 10.6. The van der Waals surface area contributed by atoms with Crippen molar-refractivity contribution in [3.8, 4) is 91.1 Å². The van der Waals surface area contributed by atoms with E-state index in [0.29, 0.717) is 91.8 Å². The Balaban J connectivity index is 0.00000534. The molecule has 4 N–H and O–H groups in total. The zero-order chi connectivity index (χ0) is 52.9. The Bertz CT molecular complexity index is 5160. The molecule has 0 atom stereocenters. The van der Waals surface area contributed by atoms with Crippen LogP contribution in [-0.2, 0) is 17.1 Å². The SMILES string of the molecule is [SiH4].c1ccc2c(c1)-c1nc-2nc2[nH]c(nc3nc(nc4[nH]c(n1)c1ccccc41)-c1ccccc1-3)c1[c]([Zn][c]3cccc4c5nc6nc(nc7[nH]c(nc8nc(nc([nH]5)c34)-c3ccccc3-8)c3ccccc73)-c3ccccc3-6)cccc21. The quantitative estimate of drug-likeness (QED) is 0.119. The van der Waals surface area contributed by atoms with Gasteiger partial charge in [0.2, 0.25) is 0 Å². The van der Waals surface area contributed by atoms with Gasteiger partial charge in [0.15, 0.2) is 0 Å². The van der Waals surface area contributed by atoms with E-state index in [-0.39, 0.29) is 11.0 Å². The molecule has 380 valence electrons. The Morgan fingerprint density at radius 3 is 0.683 bits per heavy atom. The van der Waals surface area contributed by atoms with Crippen molar-refractivity contribution in [1.29, 1.82) is 0 Å². The molecular weight excluding hydrogens is 1090 g/mol. The molecule has 0 aliphatic carbocycles. The number of aromatic amines is 4. The summed E-state index contributed by atoms with van der Waals surface area (Å²) in [7, 11) is 0. The summed E-state index contributed by atoms with van der Waals surface area (Å²) in [5.41, 5.74) is 12.2. The zero-order valence-electron chi connectivity index (χ0n) is 42.4. The van der Waals surface area contributed by atoms with Gasteiger partial charge in [0, 0.05) is 0 Å². The van der Waals surface area contributed by atoms with E-state index in [4.69, 9.17) is 59.8 Å². The van der Waals surface area contributed by atoms with Gasteiger partial charge < -0.3 is 0 Å². The minimum atomic E-state index is -2.09. The van der Waals surface area contributed by atoms with Crippen LogP contribution >= 0.6 is 0 Å². The predicted molar refractivity (Wildman–Crippen MR) is 323 cm³/mol. The molecule has 0 unspecified atom stereocenters. The second-order valence-corrected chi connectivity index (χ2v) is 24.3. The van der Waals surface area contributed by atoms with Gasteiger partial charge >= 0.3 is 454 Å². The third kappa shape index (κ3) is 6.98. The number of H-pyrrole nitrogens is 4. The van der Waals surface area contributed by atoms with Gasteiger partial charge in [-0.3, -0.25) is 0 Å². The number of hydrogen-bond acceptors (Lipinski definition) is 12. The average Bonchev–Trinajstić information content (AvgIpc) is 4.60. The molecule has 4 aliphatic rings. The van der Waals surface area contributed by atoms with Crippen molar-refractivity contribution in [1.82, 2.24) is 79.7 Å². The molecule has 82 heavy (non-hydrogen) atoms. The minimum absolute atomic E-state index is 0. The van der Waals surface area contributed by atoms with E-state index < -0.39 is 17.1 Å². The fourth-order valence-electron chi connectivity index (χ4n) is 12.0. The van der Waals surface area contributed by atoms with Gasteiger partial charge in [-0.25, -0.2) is 0 Å². The van der Waals surface area contributed by atoms with Crippen LogP contribution in [0.5, 0.6) is 0 Å². The number of nitrogens with one attached hydrogen (secondary N) is 4. The number of aromatic nitrogens is 16. The van der Waals surface area contributed by atoms with Gasteiger partial charge in [0.25, 0.3) is 0 Å². The molecule has 10 heterocycles. The van der Waals surface area contributed by atoms with E-state index in [0.717, 1.165) is 87.6 Å². The molecule has 0 spiro atoms. The maximum absolute atomic E-state index is 5.47. The Morgan fingerprint density at radius 1 is 0.207 bits per heavy atom. The van der Waals surface area contributed by atoms with E-state index in [2.05, 4.69) is 68.5 Å². The second kappa shape index (κ2) is 17.7. The maximum atomic E-state index is 5.47. The molecule has 8 aromatic carbocycles. The first-order valence-corrected chi connectivity index (χ1v) is 29.5. The molecule has 18 heteroatoms. The van der Waals surface area contributed by atoms with Crippen LogP contribution < -0.4 is 8.32 Å². The number of hydrogen-bond donors (Lipinski definition) is 4. The van der Waals surface area contributed by atoms with Crippen molar-refractivity contribution >= 4 is 108 Å². The summed E-state index contributed by atoms with van der Waals surface area (Å²) in [4.78, 5) is 77.6. The van der Waals surface area contributed by atoms with Gasteiger partial charge in [-0.2, -0.15) is 0 Å². The van der Waals surface area contributed by atoms with Crippen LogP contribution in [0.15, 0.2) is 182 Å². The van der Waals surface area contributed by atoms with E-state index in [9.17, 15) is 0 Å². The van der Waals surface area contributed by atoms with Crippen LogP contribution in [0, 0.1) is 0 Å². The Morgan fingerprint density at radius 2 is 0.415 bits per heavy atom. The molecule has 0 radical (unpaired) electrons. The number of benzene rings is 8. The topological polar surface area (TPSA) is 218 Å². The monoisotopic (exact) mass is 1120 g/mol. The third-order valence-electron chi connectivity index (χ3n) is 15.7. The van der Waals surface area contributed by atoms with Gasteiger partial charge in [0.05, 0.1) is 0 Å². The van der Waals surface area contributed by atoms with Crippen LogP contribution in [-0.4, -0.2) is 90.7 Å². The van der Waals surface area contributed by atoms with Crippen molar-refractivity contribution in [3.63, 3.8) is 0 Å². The third-order valence-corrected chi connectivity index (χ3v) is 19.8. The van der Waals surface area contributed by atoms with Gasteiger partial charge in [0.1, 0.15) is 0 Å². The van der Waals surface area contributed by atoms with Gasteiger partial charge in [-0.15, -0.1) is 0 Å². The summed E-state index contributed by atoms with van der Waals surface area (Å²) < 4.78 is 2.36. The molecule has 4 aliphatic heterocycles. The van der Waals surface area contributed by atoms with Crippen LogP contribution in [0.3, 0.4) is 0 Å². The first-order chi connectivity index (χ1) is 40.1. The summed E-state index contributed by atoms with van der Waals surface area (Å²) in [6.45, 7) is 0. The van der Waals surface area contributed by atoms with Crippen LogP contribution in [0.4, 0.5) is 0 Å². The summed E-state index contributed by atoms with van der Waals surface area (Å²) in [5, 5.41) is 7.43. The fraction of sp³-hybridized carbons (Fsp3) is 0. The molecule has 16 nitrogen and oxygen atoms in total. The first kappa shape index (κ1) is 46.3. The second-order valence-electron chi connectivity index (χ2n) is 20.3. The Hall–Kier alpha value is -10.7. The van der Waals surface area contributed by atoms with E-state index in [1.807, 2.05) is 133 Å². The number of nitrogens with zero attached hydrogens (tertiary/aromatic N) is 12. The number of fused-ring (bicyclic) bond motifs is 40. The molecule has 0 saturated heterocycles. The number of rotatable bonds is 2.